The van der Waals surface area contributed by atoms with Crippen molar-refractivity contribution in [3.63, 3.8) is 0 Å². The second-order valence-electron chi connectivity index (χ2n) is 7.48. The van der Waals surface area contributed by atoms with E-state index in [1.165, 1.54) is 0 Å². The monoisotopic (exact) mass is 402 g/mol. The summed E-state index contributed by atoms with van der Waals surface area (Å²) >= 11 is 0. The number of nitrogens with one attached hydrogen (secondary N) is 2. The number of benzene rings is 3. The van der Waals surface area contributed by atoms with Gasteiger partial charge < -0.3 is 10.2 Å². The van der Waals surface area contributed by atoms with E-state index in [0.29, 0.717) is 5.56 Å². The number of hydrazine groups is 1. The molecular weight excluding hydrogens is 380 g/mol. The number of anilines is 1. The van der Waals surface area contributed by atoms with Crippen LogP contribution < -0.4 is 15.6 Å². The van der Waals surface area contributed by atoms with Gasteiger partial charge in [0.2, 0.25) is 0 Å². The molecule has 0 aliphatic carbocycles. The SMILES string of the molecule is CN(CC(=O)NN1C(=O)N[C@](C)(c2ccccc2)C1=O)c1ccc2ccccc2c1. The van der Waals surface area contributed by atoms with Gasteiger partial charge in [-0.15, -0.1) is 0 Å². The van der Waals surface area contributed by atoms with Crippen molar-refractivity contribution < 1.29 is 14.4 Å². The summed E-state index contributed by atoms with van der Waals surface area (Å²) < 4.78 is 0. The number of likely N-dealkylation sites (N-methyl/N-ethyl adjacent to an activating group) is 1. The summed E-state index contributed by atoms with van der Waals surface area (Å²) in [5.41, 5.74) is 2.71. The molecule has 7 heteroatoms. The minimum Gasteiger partial charge on any atom is -0.365 e. The summed E-state index contributed by atoms with van der Waals surface area (Å²) in [6, 6.07) is 22.1. The highest BCUT2D eigenvalue weighted by atomic mass is 16.2. The molecule has 1 aliphatic rings. The van der Waals surface area contributed by atoms with E-state index in [4.69, 9.17) is 0 Å². The predicted octanol–water partition coefficient (Wildman–Crippen LogP) is 2.77. The van der Waals surface area contributed by atoms with Crippen molar-refractivity contribution in [2.24, 2.45) is 0 Å². The molecular formula is C23H22N4O3. The molecule has 4 amide bonds. The smallest absolute Gasteiger partial charge is 0.344 e. The Morgan fingerprint density at radius 3 is 2.40 bits per heavy atom. The van der Waals surface area contributed by atoms with Gasteiger partial charge >= 0.3 is 6.03 Å². The lowest BCUT2D eigenvalue weighted by molar-refractivity contribution is -0.138. The Hall–Kier alpha value is -3.87. The fourth-order valence-corrected chi connectivity index (χ4v) is 3.59. The van der Waals surface area contributed by atoms with Gasteiger partial charge in [0.15, 0.2) is 0 Å². The summed E-state index contributed by atoms with van der Waals surface area (Å²) in [6.45, 7) is 1.60. The highest BCUT2D eigenvalue weighted by Crippen LogP contribution is 2.27. The Balaban J connectivity index is 1.45. The Morgan fingerprint density at radius 2 is 1.67 bits per heavy atom. The molecule has 0 saturated carbocycles. The lowest BCUT2D eigenvalue weighted by Gasteiger charge is -2.23. The average Bonchev–Trinajstić information content (AvgIpc) is 2.98. The number of imide groups is 1. The van der Waals surface area contributed by atoms with Crippen LogP contribution >= 0.6 is 0 Å². The largest absolute Gasteiger partial charge is 0.365 e. The Kier molecular flexibility index (Phi) is 4.87. The predicted molar refractivity (Wildman–Crippen MR) is 115 cm³/mol. The van der Waals surface area contributed by atoms with Crippen molar-refractivity contribution >= 4 is 34.3 Å². The number of urea groups is 1. The average molecular weight is 402 g/mol. The molecule has 1 atom stereocenters. The molecule has 1 fully saturated rings. The third kappa shape index (κ3) is 3.45. The fourth-order valence-electron chi connectivity index (χ4n) is 3.59. The lowest BCUT2D eigenvalue weighted by atomic mass is 9.92. The number of rotatable bonds is 5. The molecule has 3 aromatic rings. The summed E-state index contributed by atoms with van der Waals surface area (Å²) in [5, 5.41) is 5.59. The van der Waals surface area contributed by atoms with Gasteiger partial charge in [-0.1, -0.05) is 60.7 Å². The quantitative estimate of drug-likeness (QED) is 0.643. The number of carbonyl (C=O) groups is 3. The van der Waals surface area contributed by atoms with E-state index in [0.717, 1.165) is 21.5 Å². The molecule has 0 bridgehead atoms. The molecule has 1 saturated heterocycles. The number of fused-ring (bicyclic) bond motifs is 1. The molecule has 0 radical (unpaired) electrons. The van der Waals surface area contributed by atoms with E-state index in [2.05, 4.69) is 10.7 Å². The van der Waals surface area contributed by atoms with Gasteiger partial charge in [-0.05, 0) is 35.4 Å². The zero-order chi connectivity index (χ0) is 21.3. The van der Waals surface area contributed by atoms with Gasteiger partial charge in [-0.25, -0.2) is 4.79 Å². The van der Waals surface area contributed by atoms with Crippen LogP contribution in [0.3, 0.4) is 0 Å². The molecule has 152 valence electrons. The van der Waals surface area contributed by atoms with Crippen LogP contribution in [0.1, 0.15) is 12.5 Å². The molecule has 0 unspecified atom stereocenters. The molecule has 4 rings (SSSR count). The minimum atomic E-state index is -1.23. The Bertz CT molecular complexity index is 1130. The van der Waals surface area contributed by atoms with E-state index in [1.807, 2.05) is 48.5 Å². The molecule has 2 N–H and O–H groups in total. The second kappa shape index (κ2) is 7.51. The molecule has 0 spiro atoms. The molecule has 3 aromatic carbocycles. The normalized spacial score (nSPS) is 18.4. The standard InChI is InChI=1S/C23H22N4O3/c1-23(18-10-4-3-5-11-18)21(29)27(22(30)24-23)25-20(28)15-26(2)19-13-12-16-8-6-7-9-17(16)14-19/h3-14H,15H2,1-2H3,(H,24,30)(H,25,28)/t23-/m1/s1. The first-order chi connectivity index (χ1) is 14.4. The Morgan fingerprint density at radius 1 is 1.00 bits per heavy atom. The molecule has 1 heterocycles. The highest BCUT2D eigenvalue weighted by Gasteiger charge is 2.49. The second-order valence-corrected chi connectivity index (χ2v) is 7.48. The van der Waals surface area contributed by atoms with E-state index < -0.39 is 23.4 Å². The molecule has 0 aromatic heterocycles. The van der Waals surface area contributed by atoms with Crippen LogP contribution in [0.2, 0.25) is 0 Å². The van der Waals surface area contributed by atoms with Gasteiger partial charge in [0, 0.05) is 12.7 Å². The summed E-state index contributed by atoms with van der Waals surface area (Å²) in [4.78, 5) is 39.6. The van der Waals surface area contributed by atoms with Crippen molar-refractivity contribution in [1.82, 2.24) is 15.8 Å². The van der Waals surface area contributed by atoms with E-state index in [9.17, 15) is 14.4 Å². The van der Waals surface area contributed by atoms with Crippen molar-refractivity contribution in [3.8, 4) is 0 Å². The third-order valence-corrected chi connectivity index (χ3v) is 5.33. The summed E-state index contributed by atoms with van der Waals surface area (Å²) in [5.74, 6) is -0.994. The van der Waals surface area contributed by atoms with Gasteiger partial charge in [0.05, 0.1) is 6.54 Å². The number of hydrogen-bond donors (Lipinski definition) is 2. The summed E-state index contributed by atoms with van der Waals surface area (Å²) in [6.07, 6.45) is 0. The topological polar surface area (TPSA) is 81.8 Å². The van der Waals surface area contributed by atoms with E-state index in [-0.39, 0.29) is 6.54 Å². The minimum absolute atomic E-state index is 0.0164. The third-order valence-electron chi connectivity index (χ3n) is 5.33. The van der Waals surface area contributed by atoms with Crippen molar-refractivity contribution in [3.05, 3.63) is 78.4 Å². The first-order valence-corrected chi connectivity index (χ1v) is 9.60. The maximum Gasteiger partial charge on any atom is 0.344 e. The van der Waals surface area contributed by atoms with Gasteiger partial charge in [-0.3, -0.25) is 15.0 Å². The van der Waals surface area contributed by atoms with Gasteiger partial charge in [0.25, 0.3) is 11.8 Å². The van der Waals surface area contributed by atoms with E-state index in [1.54, 1.807) is 43.1 Å². The van der Waals surface area contributed by atoms with Crippen LogP contribution in [-0.4, -0.2) is 36.4 Å². The highest BCUT2D eigenvalue weighted by molar-refractivity contribution is 6.08. The number of nitrogens with zero attached hydrogens (tertiary/aromatic N) is 2. The molecule has 30 heavy (non-hydrogen) atoms. The van der Waals surface area contributed by atoms with Crippen molar-refractivity contribution in [2.75, 3.05) is 18.5 Å². The molecule has 7 nitrogen and oxygen atoms in total. The zero-order valence-electron chi connectivity index (χ0n) is 16.8. The van der Waals surface area contributed by atoms with Crippen LogP contribution in [-0.2, 0) is 15.1 Å². The van der Waals surface area contributed by atoms with Gasteiger partial charge in [-0.2, -0.15) is 5.01 Å². The lowest BCUT2D eigenvalue weighted by Crippen LogP contribution is -2.50. The van der Waals surface area contributed by atoms with Crippen molar-refractivity contribution in [1.29, 1.82) is 0 Å². The van der Waals surface area contributed by atoms with Crippen LogP contribution in [0.5, 0.6) is 0 Å². The van der Waals surface area contributed by atoms with Crippen LogP contribution in [0.25, 0.3) is 10.8 Å². The number of carbonyl (C=O) groups excluding carboxylic acids is 3. The Labute approximate surface area is 174 Å². The number of amides is 4. The first-order valence-electron chi connectivity index (χ1n) is 9.60. The van der Waals surface area contributed by atoms with Crippen LogP contribution in [0.15, 0.2) is 72.8 Å². The van der Waals surface area contributed by atoms with Gasteiger partial charge in [0.1, 0.15) is 5.54 Å². The maximum atomic E-state index is 12.9. The summed E-state index contributed by atoms with van der Waals surface area (Å²) in [7, 11) is 1.78. The fraction of sp³-hybridized carbons (Fsp3) is 0.174. The van der Waals surface area contributed by atoms with Crippen LogP contribution in [0, 0.1) is 0 Å². The zero-order valence-corrected chi connectivity index (χ0v) is 16.8. The van der Waals surface area contributed by atoms with E-state index >= 15 is 0 Å². The first kappa shape index (κ1) is 19.4. The number of hydrogen-bond acceptors (Lipinski definition) is 4. The maximum absolute atomic E-state index is 12.9. The van der Waals surface area contributed by atoms with Crippen molar-refractivity contribution in [2.45, 2.75) is 12.5 Å². The van der Waals surface area contributed by atoms with Crippen LogP contribution in [0.4, 0.5) is 10.5 Å². The molecule has 1 aliphatic heterocycles.